The van der Waals surface area contributed by atoms with Crippen molar-refractivity contribution in [2.24, 2.45) is 11.8 Å². The summed E-state index contributed by atoms with van der Waals surface area (Å²) in [6.45, 7) is 1.48. The molecule has 22 heavy (non-hydrogen) atoms. The fourth-order valence-electron chi connectivity index (χ4n) is 3.89. The number of benzene rings is 1. The van der Waals surface area contributed by atoms with Gasteiger partial charge in [-0.05, 0) is 31.2 Å². The Hall–Kier alpha value is -1.50. The van der Waals surface area contributed by atoms with Gasteiger partial charge in [0.2, 0.25) is 11.8 Å². The Labute approximate surface area is 135 Å². The van der Waals surface area contributed by atoms with Crippen molar-refractivity contribution >= 4 is 33.4 Å². The lowest BCUT2D eigenvalue weighted by molar-refractivity contribution is -0.131. The second-order valence-corrected chi connectivity index (χ2v) is 7.09. The SMILES string of the molecule is C[C@]12C=C[C@](CO)(O1)[C@H]1C(=O)N(c3ccc(Br)cc3)C(=O)[C@@H]12. The number of imide groups is 1. The van der Waals surface area contributed by atoms with Gasteiger partial charge in [-0.25, -0.2) is 4.90 Å². The number of fused-ring (bicyclic) bond motifs is 5. The van der Waals surface area contributed by atoms with Gasteiger partial charge in [0.25, 0.3) is 0 Å². The fraction of sp³-hybridized carbons (Fsp3) is 0.375. The summed E-state index contributed by atoms with van der Waals surface area (Å²) in [6, 6.07) is 7.03. The number of anilines is 1. The van der Waals surface area contributed by atoms with E-state index in [0.29, 0.717) is 5.69 Å². The Kier molecular flexibility index (Phi) is 2.74. The smallest absolute Gasteiger partial charge is 0.241 e. The number of aliphatic hydroxyl groups excluding tert-OH is 1. The molecular formula is C16H14BrNO4. The first-order valence-corrected chi connectivity index (χ1v) is 7.86. The molecular weight excluding hydrogens is 350 g/mol. The molecule has 2 bridgehead atoms. The lowest BCUT2D eigenvalue weighted by atomic mass is 9.73. The Bertz CT molecular complexity index is 715. The summed E-state index contributed by atoms with van der Waals surface area (Å²) in [4.78, 5) is 26.9. The predicted molar refractivity (Wildman–Crippen MR) is 82.1 cm³/mol. The van der Waals surface area contributed by atoms with E-state index in [2.05, 4.69) is 15.9 Å². The maximum Gasteiger partial charge on any atom is 0.241 e. The number of hydrogen-bond acceptors (Lipinski definition) is 4. The van der Waals surface area contributed by atoms with Crippen LogP contribution in [0.15, 0.2) is 40.9 Å². The quantitative estimate of drug-likeness (QED) is 0.640. The van der Waals surface area contributed by atoms with Gasteiger partial charge in [0.15, 0.2) is 0 Å². The summed E-state index contributed by atoms with van der Waals surface area (Å²) in [5.41, 5.74) is -1.36. The third-order valence-corrected chi connectivity index (χ3v) is 5.42. The molecule has 3 heterocycles. The number of aliphatic hydroxyl groups is 1. The zero-order valence-corrected chi connectivity index (χ0v) is 13.4. The zero-order chi connectivity index (χ0) is 15.7. The summed E-state index contributed by atoms with van der Waals surface area (Å²) in [5, 5.41) is 9.74. The first-order valence-electron chi connectivity index (χ1n) is 7.07. The molecule has 0 aliphatic carbocycles. The third-order valence-electron chi connectivity index (χ3n) is 4.89. The molecule has 3 aliphatic heterocycles. The third kappa shape index (κ3) is 1.55. The lowest BCUT2D eigenvalue weighted by Gasteiger charge is -2.26. The van der Waals surface area contributed by atoms with Crippen LogP contribution >= 0.6 is 15.9 Å². The van der Waals surface area contributed by atoms with Crippen LogP contribution in [0.25, 0.3) is 0 Å². The molecule has 0 saturated carbocycles. The number of rotatable bonds is 2. The van der Waals surface area contributed by atoms with Crippen LogP contribution < -0.4 is 4.90 Å². The average molecular weight is 364 g/mol. The first kappa shape index (κ1) is 14.1. The minimum Gasteiger partial charge on any atom is -0.393 e. The van der Waals surface area contributed by atoms with Gasteiger partial charge >= 0.3 is 0 Å². The van der Waals surface area contributed by atoms with Crippen LogP contribution in [0, 0.1) is 11.8 Å². The normalized spacial score (nSPS) is 39.0. The fourth-order valence-corrected chi connectivity index (χ4v) is 4.15. The number of carbonyl (C=O) groups excluding carboxylic acids is 2. The molecule has 2 fully saturated rings. The second-order valence-electron chi connectivity index (χ2n) is 6.18. The minimum atomic E-state index is -1.07. The van der Waals surface area contributed by atoms with Crippen molar-refractivity contribution in [3.05, 3.63) is 40.9 Å². The predicted octanol–water partition coefficient (Wildman–Crippen LogP) is 1.64. The highest BCUT2D eigenvalue weighted by Crippen LogP contribution is 2.57. The van der Waals surface area contributed by atoms with E-state index in [1.54, 1.807) is 43.3 Å². The van der Waals surface area contributed by atoms with E-state index in [1.165, 1.54) is 4.90 Å². The van der Waals surface area contributed by atoms with E-state index in [4.69, 9.17) is 4.74 Å². The number of amides is 2. The number of carbonyl (C=O) groups is 2. The Morgan fingerprint density at radius 2 is 1.82 bits per heavy atom. The molecule has 3 aliphatic rings. The molecule has 4 rings (SSSR count). The highest BCUT2D eigenvalue weighted by molar-refractivity contribution is 9.10. The van der Waals surface area contributed by atoms with Gasteiger partial charge in [0, 0.05) is 4.47 Å². The van der Waals surface area contributed by atoms with E-state index in [9.17, 15) is 14.7 Å². The van der Waals surface area contributed by atoms with Crippen LogP contribution in [-0.4, -0.2) is 34.7 Å². The molecule has 5 nitrogen and oxygen atoms in total. The van der Waals surface area contributed by atoms with Crippen molar-refractivity contribution in [3.8, 4) is 0 Å². The highest BCUT2D eigenvalue weighted by Gasteiger charge is 2.72. The second kappa shape index (κ2) is 4.28. The Morgan fingerprint density at radius 1 is 1.18 bits per heavy atom. The zero-order valence-electron chi connectivity index (χ0n) is 11.8. The molecule has 2 saturated heterocycles. The topological polar surface area (TPSA) is 66.8 Å². The van der Waals surface area contributed by atoms with Crippen molar-refractivity contribution in [1.82, 2.24) is 0 Å². The van der Waals surface area contributed by atoms with Gasteiger partial charge in [-0.2, -0.15) is 0 Å². The molecule has 6 heteroatoms. The molecule has 2 amide bonds. The van der Waals surface area contributed by atoms with Crippen LogP contribution in [0.4, 0.5) is 5.69 Å². The maximum absolute atomic E-state index is 12.8. The monoisotopic (exact) mass is 363 g/mol. The summed E-state index contributed by atoms with van der Waals surface area (Å²) in [7, 11) is 0. The highest BCUT2D eigenvalue weighted by atomic mass is 79.9. The van der Waals surface area contributed by atoms with Gasteiger partial charge in [-0.15, -0.1) is 0 Å². The Morgan fingerprint density at radius 3 is 2.45 bits per heavy atom. The lowest BCUT2D eigenvalue weighted by Crippen LogP contribution is -2.43. The van der Waals surface area contributed by atoms with Gasteiger partial charge in [0.1, 0.15) is 5.60 Å². The van der Waals surface area contributed by atoms with E-state index in [-0.39, 0.29) is 18.4 Å². The van der Waals surface area contributed by atoms with Crippen LogP contribution in [0.5, 0.6) is 0 Å². The summed E-state index contributed by atoms with van der Waals surface area (Å²) >= 11 is 3.34. The van der Waals surface area contributed by atoms with E-state index < -0.39 is 23.0 Å². The molecule has 1 aromatic rings. The molecule has 0 radical (unpaired) electrons. The Balaban J connectivity index is 1.80. The summed E-state index contributed by atoms with van der Waals surface area (Å²) < 4.78 is 6.75. The number of ether oxygens (including phenoxy) is 1. The average Bonchev–Trinajstić information content (AvgIpc) is 3.07. The minimum absolute atomic E-state index is 0.264. The van der Waals surface area contributed by atoms with Crippen molar-refractivity contribution in [2.45, 2.75) is 18.1 Å². The van der Waals surface area contributed by atoms with Gasteiger partial charge in [-0.1, -0.05) is 28.1 Å². The maximum atomic E-state index is 12.8. The molecule has 0 spiro atoms. The van der Waals surface area contributed by atoms with Crippen LogP contribution in [0.2, 0.25) is 0 Å². The molecule has 1 aromatic carbocycles. The van der Waals surface area contributed by atoms with Crippen LogP contribution in [0.1, 0.15) is 6.92 Å². The van der Waals surface area contributed by atoms with E-state index in [0.717, 1.165) is 4.47 Å². The van der Waals surface area contributed by atoms with Crippen molar-refractivity contribution in [2.75, 3.05) is 11.5 Å². The largest absolute Gasteiger partial charge is 0.393 e. The standard InChI is InChI=1S/C16H14BrNO4/c1-15-6-7-16(8-19,22-15)12-11(15)13(20)18(14(12)21)10-4-2-9(17)3-5-10/h2-7,11-12,19H,8H2,1H3/t11-,12-,15-,16-/m1/s1. The summed E-state index contributed by atoms with van der Waals surface area (Å²) in [6.07, 6.45) is 3.52. The molecule has 1 N–H and O–H groups in total. The van der Waals surface area contributed by atoms with Gasteiger partial charge < -0.3 is 9.84 Å². The molecule has 0 unspecified atom stereocenters. The first-order chi connectivity index (χ1) is 10.4. The van der Waals surface area contributed by atoms with Crippen molar-refractivity contribution < 1.29 is 19.4 Å². The van der Waals surface area contributed by atoms with Gasteiger partial charge in [0.05, 0.1) is 29.7 Å². The van der Waals surface area contributed by atoms with Crippen molar-refractivity contribution in [3.63, 3.8) is 0 Å². The van der Waals surface area contributed by atoms with E-state index >= 15 is 0 Å². The summed E-state index contributed by atoms with van der Waals surface area (Å²) in [5.74, 6) is -1.82. The van der Waals surface area contributed by atoms with Crippen LogP contribution in [-0.2, 0) is 14.3 Å². The number of halogens is 1. The number of nitrogens with zero attached hydrogens (tertiary/aromatic N) is 1. The molecule has 4 atom stereocenters. The van der Waals surface area contributed by atoms with E-state index in [1.807, 2.05) is 0 Å². The molecule has 0 aromatic heterocycles. The van der Waals surface area contributed by atoms with Crippen LogP contribution in [0.3, 0.4) is 0 Å². The molecule has 114 valence electrons. The number of hydrogen-bond donors (Lipinski definition) is 1. The van der Waals surface area contributed by atoms with Gasteiger partial charge in [-0.3, -0.25) is 9.59 Å². The van der Waals surface area contributed by atoms with Crippen molar-refractivity contribution in [1.29, 1.82) is 0 Å².